The summed E-state index contributed by atoms with van der Waals surface area (Å²) in [5.41, 5.74) is 4.93. The monoisotopic (exact) mass is 340 g/mol. The molecule has 0 saturated carbocycles. The average Bonchev–Trinajstić information content (AvgIpc) is 3.11. The summed E-state index contributed by atoms with van der Waals surface area (Å²) in [6.45, 7) is 0. The van der Waals surface area contributed by atoms with Crippen molar-refractivity contribution in [1.82, 2.24) is 9.78 Å². The Labute approximate surface area is 145 Å². The molecule has 0 saturated heterocycles. The van der Waals surface area contributed by atoms with Crippen molar-refractivity contribution in [3.05, 3.63) is 64.8 Å². The van der Waals surface area contributed by atoms with Gasteiger partial charge in [0.2, 0.25) is 0 Å². The van der Waals surface area contributed by atoms with E-state index in [1.807, 2.05) is 53.2 Å². The van der Waals surface area contributed by atoms with Gasteiger partial charge in [-0.1, -0.05) is 35.9 Å². The minimum Gasteiger partial charge on any atom is -0.494 e. The number of aliphatic hydroxyl groups is 1. The molecular formula is C19H17ClN2O2. The topological polar surface area (TPSA) is 47.3 Å². The van der Waals surface area contributed by atoms with Gasteiger partial charge in [0.25, 0.3) is 0 Å². The highest BCUT2D eigenvalue weighted by Crippen LogP contribution is 2.36. The number of ether oxygens (including phenoxy) is 1. The molecule has 2 aromatic carbocycles. The highest BCUT2D eigenvalue weighted by Gasteiger charge is 2.29. The van der Waals surface area contributed by atoms with Crippen LogP contribution in [0.25, 0.3) is 16.9 Å². The largest absolute Gasteiger partial charge is 0.494 e. The summed E-state index contributed by atoms with van der Waals surface area (Å²) < 4.78 is 7.42. The lowest BCUT2D eigenvalue weighted by atomic mass is 10.1. The van der Waals surface area contributed by atoms with E-state index in [0.29, 0.717) is 17.9 Å². The van der Waals surface area contributed by atoms with Crippen LogP contribution in [0.1, 0.15) is 11.3 Å². The molecule has 1 heterocycles. The van der Waals surface area contributed by atoms with Gasteiger partial charge in [0, 0.05) is 29.0 Å². The lowest BCUT2D eigenvalue weighted by Gasteiger charge is -2.13. The molecule has 1 N–H and O–H groups in total. The fourth-order valence-corrected chi connectivity index (χ4v) is 3.41. The number of hydrogen-bond acceptors (Lipinski definition) is 3. The smallest absolute Gasteiger partial charge is 0.144 e. The first-order valence-electron chi connectivity index (χ1n) is 7.85. The van der Waals surface area contributed by atoms with Gasteiger partial charge < -0.3 is 9.84 Å². The van der Waals surface area contributed by atoms with Crippen molar-refractivity contribution < 1.29 is 9.84 Å². The number of fused-ring (bicyclic) bond motifs is 1. The zero-order chi connectivity index (χ0) is 16.7. The van der Waals surface area contributed by atoms with Crippen molar-refractivity contribution in [2.45, 2.75) is 18.9 Å². The maximum atomic E-state index is 10.0. The van der Waals surface area contributed by atoms with Crippen LogP contribution in [-0.4, -0.2) is 28.1 Å². The van der Waals surface area contributed by atoms with Crippen LogP contribution in [0.3, 0.4) is 0 Å². The molecule has 1 aromatic heterocycles. The number of aliphatic hydroxyl groups excluding tert-OH is 1. The van der Waals surface area contributed by atoms with Gasteiger partial charge in [0.1, 0.15) is 11.4 Å². The normalized spacial score (nSPS) is 16.2. The molecule has 0 spiro atoms. The van der Waals surface area contributed by atoms with E-state index >= 15 is 0 Å². The number of rotatable bonds is 3. The third kappa shape index (κ3) is 2.48. The molecule has 1 aliphatic carbocycles. The summed E-state index contributed by atoms with van der Waals surface area (Å²) >= 11 is 6.04. The summed E-state index contributed by atoms with van der Waals surface area (Å²) in [7, 11) is 1.65. The lowest BCUT2D eigenvalue weighted by Crippen LogP contribution is -2.09. The Bertz CT molecular complexity index is 887. The molecule has 3 aromatic rings. The SMILES string of the molecule is COc1ccccc1-n1nc2c(c1-c1ccc(Cl)cc1)C[C@H](O)C2. The second-order valence-corrected chi connectivity index (χ2v) is 6.36. The van der Waals surface area contributed by atoms with Crippen LogP contribution < -0.4 is 4.74 Å². The fourth-order valence-electron chi connectivity index (χ4n) is 3.29. The summed E-state index contributed by atoms with van der Waals surface area (Å²) in [5, 5.41) is 15.5. The van der Waals surface area contributed by atoms with E-state index in [4.69, 9.17) is 21.4 Å². The Morgan fingerprint density at radius 1 is 1.12 bits per heavy atom. The highest BCUT2D eigenvalue weighted by molar-refractivity contribution is 6.30. The van der Waals surface area contributed by atoms with E-state index in [-0.39, 0.29) is 6.10 Å². The molecule has 1 aliphatic rings. The van der Waals surface area contributed by atoms with Gasteiger partial charge in [-0.05, 0) is 24.3 Å². The third-order valence-corrected chi connectivity index (χ3v) is 4.62. The van der Waals surface area contributed by atoms with Gasteiger partial charge in [0.15, 0.2) is 0 Å². The maximum absolute atomic E-state index is 10.0. The minimum atomic E-state index is -0.360. The molecule has 4 rings (SSSR count). The summed E-state index contributed by atoms with van der Waals surface area (Å²) in [6, 6.07) is 15.5. The van der Waals surface area contributed by atoms with Crippen molar-refractivity contribution in [2.24, 2.45) is 0 Å². The molecule has 122 valence electrons. The summed E-state index contributed by atoms with van der Waals surface area (Å²) in [6.07, 6.45) is 0.835. The number of benzene rings is 2. The average molecular weight is 341 g/mol. The quantitative estimate of drug-likeness (QED) is 0.791. The predicted octanol–water partition coefficient (Wildman–Crippen LogP) is 3.66. The van der Waals surface area contributed by atoms with E-state index in [2.05, 4.69) is 0 Å². The second kappa shape index (κ2) is 5.96. The molecular weight excluding hydrogens is 324 g/mol. The Balaban J connectivity index is 1.95. The molecule has 24 heavy (non-hydrogen) atoms. The first kappa shape index (κ1) is 15.2. The van der Waals surface area contributed by atoms with Crippen LogP contribution in [0.15, 0.2) is 48.5 Å². The molecule has 0 unspecified atom stereocenters. The van der Waals surface area contributed by atoms with Crippen molar-refractivity contribution in [2.75, 3.05) is 7.11 Å². The van der Waals surface area contributed by atoms with Crippen molar-refractivity contribution >= 4 is 11.6 Å². The molecule has 1 atom stereocenters. The fraction of sp³-hybridized carbons (Fsp3) is 0.211. The number of hydrogen-bond donors (Lipinski definition) is 1. The Morgan fingerprint density at radius 2 is 1.88 bits per heavy atom. The highest BCUT2D eigenvalue weighted by atomic mass is 35.5. The Morgan fingerprint density at radius 3 is 2.62 bits per heavy atom. The molecule has 0 aliphatic heterocycles. The minimum absolute atomic E-state index is 0.360. The van der Waals surface area contributed by atoms with Gasteiger partial charge in [-0.25, -0.2) is 4.68 Å². The van der Waals surface area contributed by atoms with Gasteiger partial charge in [0.05, 0.1) is 24.6 Å². The van der Waals surface area contributed by atoms with Crippen molar-refractivity contribution in [3.8, 4) is 22.7 Å². The standard InChI is InChI=1S/C19H17ClN2O2/c1-24-18-5-3-2-4-17(18)22-19(12-6-8-13(20)9-7-12)15-10-14(23)11-16(15)21-22/h2-9,14,23H,10-11H2,1H3/t14-/m0/s1. The van der Waals surface area contributed by atoms with Crippen LogP contribution in [0.2, 0.25) is 5.02 Å². The number of para-hydroxylation sites is 2. The molecule has 4 nitrogen and oxygen atoms in total. The number of methoxy groups -OCH3 is 1. The van der Waals surface area contributed by atoms with Crippen LogP contribution in [0.5, 0.6) is 5.75 Å². The first-order chi connectivity index (χ1) is 11.7. The van der Waals surface area contributed by atoms with E-state index in [1.54, 1.807) is 7.11 Å². The first-order valence-corrected chi connectivity index (χ1v) is 8.23. The zero-order valence-corrected chi connectivity index (χ0v) is 14.0. The molecule has 5 heteroatoms. The second-order valence-electron chi connectivity index (χ2n) is 5.93. The van der Waals surface area contributed by atoms with Gasteiger partial charge in [-0.15, -0.1) is 0 Å². The third-order valence-electron chi connectivity index (χ3n) is 4.37. The number of halogens is 1. The van der Waals surface area contributed by atoms with Gasteiger partial charge in [-0.2, -0.15) is 5.10 Å². The Hall–Kier alpha value is -2.30. The van der Waals surface area contributed by atoms with E-state index in [0.717, 1.165) is 34.0 Å². The van der Waals surface area contributed by atoms with Crippen LogP contribution >= 0.6 is 11.6 Å². The zero-order valence-electron chi connectivity index (χ0n) is 13.2. The van der Waals surface area contributed by atoms with E-state index < -0.39 is 0 Å². The predicted molar refractivity (Wildman–Crippen MR) is 94.0 cm³/mol. The lowest BCUT2D eigenvalue weighted by molar-refractivity contribution is 0.185. The van der Waals surface area contributed by atoms with E-state index in [1.165, 1.54) is 0 Å². The van der Waals surface area contributed by atoms with Crippen molar-refractivity contribution in [1.29, 1.82) is 0 Å². The van der Waals surface area contributed by atoms with Gasteiger partial charge >= 0.3 is 0 Å². The molecule has 0 bridgehead atoms. The van der Waals surface area contributed by atoms with Gasteiger partial charge in [-0.3, -0.25) is 0 Å². The number of aromatic nitrogens is 2. The summed E-state index contributed by atoms with van der Waals surface area (Å²) in [5.74, 6) is 0.759. The summed E-state index contributed by atoms with van der Waals surface area (Å²) in [4.78, 5) is 0. The van der Waals surface area contributed by atoms with Crippen molar-refractivity contribution in [3.63, 3.8) is 0 Å². The molecule has 0 fully saturated rings. The van der Waals surface area contributed by atoms with Crippen LogP contribution in [-0.2, 0) is 12.8 Å². The maximum Gasteiger partial charge on any atom is 0.144 e. The molecule has 0 radical (unpaired) electrons. The molecule has 0 amide bonds. The number of nitrogens with zero attached hydrogens (tertiary/aromatic N) is 2. The van der Waals surface area contributed by atoms with Crippen LogP contribution in [0.4, 0.5) is 0 Å². The van der Waals surface area contributed by atoms with Crippen LogP contribution in [0, 0.1) is 0 Å². The van der Waals surface area contributed by atoms with E-state index in [9.17, 15) is 5.11 Å². The Kier molecular flexibility index (Phi) is 3.79.